The van der Waals surface area contributed by atoms with Gasteiger partial charge in [0, 0.05) is 17.1 Å². The average molecular weight is 457 g/mol. The van der Waals surface area contributed by atoms with Crippen LogP contribution in [-0.2, 0) is 6.42 Å². The van der Waals surface area contributed by atoms with Crippen LogP contribution in [0.2, 0.25) is 5.02 Å². The summed E-state index contributed by atoms with van der Waals surface area (Å²) in [6.07, 6.45) is 3.10. The van der Waals surface area contributed by atoms with Gasteiger partial charge in [0.1, 0.15) is 22.6 Å². The van der Waals surface area contributed by atoms with Crippen molar-refractivity contribution in [2.45, 2.75) is 26.7 Å². The van der Waals surface area contributed by atoms with Gasteiger partial charge in [0.2, 0.25) is 0 Å². The summed E-state index contributed by atoms with van der Waals surface area (Å²) < 4.78 is 11.8. The molecule has 4 nitrogen and oxygen atoms in total. The molecule has 0 bridgehead atoms. The molecule has 0 heterocycles. The molecule has 2 aromatic carbocycles. The first-order valence-electron chi connectivity index (χ1n) is 9.34. The molecule has 1 N–H and O–H groups in total. The first-order chi connectivity index (χ1) is 13.9. The van der Waals surface area contributed by atoms with Crippen LogP contribution in [0.15, 0.2) is 47.0 Å². The number of benzene rings is 2. The summed E-state index contributed by atoms with van der Waals surface area (Å²) in [6.45, 7) is 5.37. The SMILES string of the molecule is CCc1cc(OCC=C(Cl)Cl)cc(C)c1OCCCNC(=O)c1ccc(Cl)cc1. The number of hydrogen-bond donors (Lipinski definition) is 1. The number of carbonyl (C=O) groups is 1. The predicted octanol–water partition coefficient (Wildman–Crippen LogP) is 6.11. The van der Waals surface area contributed by atoms with E-state index in [1.807, 2.05) is 19.1 Å². The molecule has 0 aromatic heterocycles. The van der Waals surface area contributed by atoms with Crippen molar-refractivity contribution in [3.05, 3.63) is 68.7 Å². The maximum Gasteiger partial charge on any atom is 0.251 e. The van der Waals surface area contributed by atoms with E-state index in [0.717, 1.165) is 29.0 Å². The minimum atomic E-state index is -0.125. The lowest BCUT2D eigenvalue weighted by Crippen LogP contribution is -2.25. The Labute approximate surface area is 186 Å². The molecule has 0 saturated carbocycles. The number of rotatable bonds is 10. The number of nitrogens with one attached hydrogen (secondary N) is 1. The lowest BCUT2D eigenvalue weighted by Gasteiger charge is -2.16. The van der Waals surface area contributed by atoms with Gasteiger partial charge >= 0.3 is 0 Å². The van der Waals surface area contributed by atoms with Gasteiger partial charge < -0.3 is 14.8 Å². The van der Waals surface area contributed by atoms with Crippen LogP contribution in [0.5, 0.6) is 11.5 Å². The Kier molecular flexibility index (Phi) is 9.65. The fourth-order valence-corrected chi connectivity index (χ4v) is 2.97. The zero-order chi connectivity index (χ0) is 21.2. The van der Waals surface area contributed by atoms with E-state index < -0.39 is 0 Å². The van der Waals surface area contributed by atoms with Gasteiger partial charge in [-0.25, -0.2) is 0 Å². The van der Waals surface area contributed by atoms with E-state index in [9.17, 15) is 4.79 Å². The van der Waals surface area contributed by atoms with Gasteiger partial charge in [0.15, 0.2) is 0 Å². The number of aryl methyl sites for hydroxylation is 2. The van der Waals surface area contributed by atoms with E-state index >= 15 is 0 Å². The molecule has 156 valence electrons. The molecule has 0 atom stereocenters. The Hall–Kier alpha value is -1.88. The van der Waals surface area contributed by atoms with Crippen LogP contribution in [0.25, 0.3) is 0 Å². The number of halogens is 3. The standard InChI is InChI=1S/C22H24Cl3NO3/c1-3-16-14-19(28-12-9-20(24)25)13-15(2)21(16)29-11-4-10-26-22(27)17-5-7-18(23)8-6-17/h5-9,13-14H,3-4,10-12H2,1-2H3,(H,26,27). The average Bonchev–Trinajstić information content (AvgIpc) is 2.68. The summed E-state index contributed by atoms with van der Waals surface area (Å²) in [5.41, 5.74) is 2.64. The Morgan fingerprint density at radius 3 is 2.52 bits per heavy atom. The highest BCUT2D eigenvalue weighted by atomic mass is 35.5. The second kappa shape index (κ2) is 12.0. The minimum Gasteiger partial charge on any atom is -0.493 e. The van der Waals surface area contributed by atoms with Crippen molar-refractivity contribution in [3.63, 3.8) is 0 Å². The third-order valence-electron chi connectivity index (χ3n) is 4.15. The third-order valence-corrected chi connectivity index (χ3v) is 4.71. The molecule has 0 unspecified atom stereocenters. The molecule has 2 aromatic rings. The quantitative estimate of drug-likeness (QED) is 0.439. The molecule has 2 rings (SSSR count). The number of ether oxygens (including phenoxy) is 2. The second-order valence-electron chi connectivity index (χ2n) is 6.35. The van der Waals surface area contributed by atoms with Crippen molar-refractivity contribution in [3.8, 4) is 11.5 Å². The zero-order valence-electron chi connectivity index (χ0n) is 16.4. The summed E-state index contributed by atoms with van der Waals surface area (Å²) in [6, 6.07) is 10.7. The van der Waals surface area contributed by atoms with E-state index in [2.05, 4.69) is 12.2 Å². The Balaban J connectivity index is 1.84. The molecule has 0 spiro atoms. The minimum absolute atomic E-state index is 0.125. The fourth-order valence-electron chi connectivity index (χ4n) is 2.72. The molecule has 7 heteroatoms. The molecule has 0 saturated heterocycles. The van der Waals surface area contributed by atoms with E-state index in [4.69, 9.17) is 44.3 Å². The van der Waals surface area contributed by atoms with Gasteiger partial charge in [0.05, 0.1) is 6.61 Å². The van der Waals surface area contributed by atoms with Crippen molar-refractivity contribution < 1.29 is 14.3 Å². The summed E-state index contributed by atoms with van der Waals surface area (Å²) >= 11 is 17.0. The van der Waals surface area contributed by atoms with E-state index in [-0.39, 0.29) is 10.4 Å². The van der Waals surface area contributed by atoms with Gasteiger partial charge in [-0.15, -0.1) is 0 Å². The maximum atomic E-state index is 12.1. The van der Waals surface area contributed by atoms with Crippen LogP contribution in [0, 0.1) is 6.92 Å². The lowest BCUT2D eigenvalue weighted by molar-refractivity contribution is 0.0951. The van der Waals surface area contributed by atoms with Gasteiger partial charge in [-0.2, -0.15) is 0 Å². The predicted molar refractivity (Wildman–Crippen MR) is 120 cm³/mol. The molecule has 29 heavy (non-hydrogen) atoms. The molecule has 0 aliphatic carbocycles. The van der Waals surface area contributed by atoms with Crippen LogP contribution < -0.4 is 14.8 Å². The summed E-state index contributed by atoms with van der Waals surface area (Å²) in [5, 5.41) is 3.48. The third kappa shape index (κ3) is 7.81. The van der Waals surface area contributed by atoms with Gasteiger partial charge in [-0.1, -0.05) is 41.7 Å². The molecule has 0 aliphatic heterocycles. The zero-order valence-corrected chi connectivity index (χ0v) is 18.7. The van der Waals surface area contributed by atoms with Gasteiger partial charge in [0.25, 0.3) is 5.91 Å². The smallest absolute Gasteiger partial charge is 0.251 e. The lowest BCUT2D eigenvalue weighted by atomic mass is 10.1. The topological polar surface area (TPSA) is 47.6 Å². The van der Waals surface area contributed by atoms with Gasteiger partial charge in [-0.05, 0) is 73.4 Å². The normalized spacial score (nSPS) is 10.4. The first kappa shape index (κ1) is 23.4. The number of carbonyl (C=O) groups excluding carboxylic acids is 1. The van der Waals surface area contributed by atoms with Crippen LogP contribution in [0.3, 0.4) is 0 Å². The van der Waals surface area contributed by atoms with E-state index in [0.29, 0.717) is 36.8 Å². The van der Waals surface area contributed by atoms with Crippen LogP contribution in [-0.4, -0.2) is 25.7 Å². The molecule has 0 fully saturated rings. The van der Waals surface area contributed by atoms with Crippen molar-refractivity contribution in [1.29, 1.82) is 0 Å². The molecule has 1 amide bonds. The van der Waals surface area contributed by atoms with Crippen LogP contribution in [0.1, 0.15) is 34.8 Å². The van der Waals surface area contributed by atoms with Crippen LogP contribution >= 0.6 is 34.8 Å². The summed E-state index contributed by atoms with van der Waals surface area (Å²) in [4.78, 5) is 12.1. The van der Waals surface area contributed by atoms with Gasteiger partial charge in [-0.3, -0.25) is 4.79 Å². The second-order valence-corrected chi connectivity index (χ2v) is 7.80. The summed E-state index contributed by atoms with van der Waals surface area (Å²) in [7, 11) is 0. The highest BCUT2D eigenvalue weighted by Crippen LogP contribution is 2.30. The van der Waals surface area contributed by atoms with Crippen molar-refractivity contribution in [2.24, 2.45) is 0 Å². The van der Waals surface area contributed by atoms with Crippen molar-refractivity contribution in [1.82, 2.24) is 5.32 Å². The Bertz CT molecular complexity index is 847. The molecule has 0 radical (unpaired) electrons. The Morgan fingerprint density at radius 2 is 1.86 bits per heavy atom. The molecular weight excluding hydrogens is 433 g/mol. The molecule has 0 aliphatic rings. The molecular formula is C22H24Cl3NO3. The highest BCUT2D eigenvalue weighted by Gasteiger charge is 2.10. The largest absolute Gasteiger partial charge is 0.493 e. The fraction of sp³-hybridized carbons (Fsp3) is 0.318. The highest BCUT2D eigenvalue weighted by molar-refractivity contribution is 6.55. The maximum absolute atomic E-state index is 12.1. The van der Waals surface area contributed by atoms with E-state index in [1.54, 1.807) is 30.3 Å². The monoisotopic (exact) mass is 455 g/mol. The summed E-state index contributed by atoms with van der Waals surface area (Å²) in [5.74, 6) is 1.47. The van der Waals surface area contributed by atoms with Crippen LogP contribution in [0.4, 0.5) is 0 Å². The van der Waals surface area contributed by atoms with Crippen molar-refractivity contribution in [2.75, 3.05) is 19.8 Å². The van der Waals surface area contributed by atoms with Crippen molar-refractivity contribution >= 4 is 40.7 Å². The first-order valence-corrected chi connectivity index (χ1v) is 10.5. The number of amides is 1. The Morgan fingerprint density at radius 1 is 1.14 bits per heavy atom. The number of hydrogen-bond acceptors (Lipinski definition) is 3. The van der Waals surface area contributed by atoms with E-state index in [1.165, 1.54) is 0 Å².